The standard InChI is InChI=1S/C20H20Cl3N5O3S2/c1-9(2)16(24)19(29)27-20-26-10(3)17(32-20)11-6-15(18(23)25-8-11)28-33(30,31)12-4-5-13(21)14(22)7-12/h4-9,16,28H,24H2,1-3H3,(H,26,27,29)/t16-/m0/s1. The van der Waals surface area contributed by atoms with Gasteiger partial charge < -0.3 is 11.1 Å². The lowest BCUT2D eigenvalue weighted by molar-refractivity contribution is -0.118. The summed E-state index contributed by atoms with van der Waals surface area (Å²) in [6.07, 6.45) is 1.49. The topological polar surface area (TPSA) is 127 Å². The second kappa shape index (κ2) is 10.1. The highest BCUT2D eigenvalue weighted by Gasteiger charge is 2.21. The maximum atomic E-state index is 12.8. The number of carbonyl (C=O) groups is 1. The van der Waals surface area contributed by atoms with Crippen LogP contribution >= 0.6 is 46.1 Å². The summed E-state index contributed by atoms with van der Waals surface area (Å²) >= 11 is 19.2. The quantitative estimate of drug-likeness (QED) is 0.348. The molecule has 0 bridgehead atoms. The summed E-state index contributed by atoms with van der Waals surface area (Å²) in [6, 6.07) is 4.82. The number of amides is 1. The molecule has 0 fully saturated rings. The number of nitrogens with zero attached hydrogens (tertiary/aromatic N) is 2. The van der Waals surface area contributed by atoms with Gasteiger partial charge in [0.05, 0.1) is 37.2 Å². The first kappa shape index (κ1) is 25.7. The van der Waals surface area contributed by atoms with Gasteiger partial charge in [0.2, 0.25) is 5.91 Å². The molecular weight excluding hydrogens is 529 g/mol. The number of nitrogens with one attached hydrogen (secondary N) is 2. The molecule has 1 atom stereocenters. The number of nitrogens with two attached hydrogens (primary N) is 1. The van der Waals surface area contributed by atoms with Crippen molar-refractivity contribution in [1.82, 2.24) is 9.97 Å². The number of sulfonamides is 1. The average molecular weight is 549 g/mol. The van der Waals surface area contributed by atoms with Gasteiger partial charge in [-0.15, -0.1) is 0 Å². The number of hydrogen-bond donors (Lipinski definition) is 3. The lowest BCUT2D eigenvalue weighted by Crippen LogP contribution is -2.39. The molecule has 2 aromatic heterocycles. The monoisotopic (exact) mass is 547 g/mol. The van der Waals surface area contributed by atoms with Crippen molar-refractivity contribution in [3.05, 3.63) is 51.4 Å². The lowest BCUT2D eigenvalue weighted by atomic mass is 10.1. The molecule has 13 heteroatoms. The van der Waals surface area contributed by atoms with Crippen LogP contribution in [0.3, 0.4) is 0 Å². The van der Waals surface area contributed by atoms with Gasteiger partial charge >= 0.3 is 0 Å². The third-order valence-electron chi connectivity index (χ3n) is 4.59. The summed E-state index contributed by atoms with van der Waals surface area (Å²) in [4.78, 5) is 21.3. The highest BCUT2D eigenvalue weighted by molar-refractivity contribution is 7.92. The van der Waals surface area contributed by atoms with Gasteiger partial charge in [0, 0.05) is 11.8 Å². The third kappa shape index (κ3) is 5.95. The SMILES string of the molecule is Cc1nc(NC(=O)[C@@H](N)C(C)C)sc1-c1cnc(Cl)c(NS(=O)(=O)c2ccc(Cl)c(Cl)c2)c1. The average Bonchev–Trinajstić information content (AvgIpc) is 3.10. The van der Waals surface area contributed by atoms with Gasteiger partial charge in [-0.25, -0.2) is 18.4 Å². The summed E-state index contributed by atoms with van der Waals surface area (Å²) in [7, 11) is -4.01. The van der Waals surface area contributed by atoms with Gasteiger partial charge in [-0.2, -0.15) is 0 Å². The fourth-order valence-corrected chi connectivity index (χ4v) is 5.30. The molecule has 0 aliphatic rings. The maximum absolute atomic E-state index is 12.8. The Hall–Kier alpha value is -1.95. The highest BCUT2D eigenvalue weighted by Crippen LogP contribution is 2.36. The number of carbonyl (C=O) groups excluding carboxylic acids is 1. The molecule has 3 rings (SSSR count). The minimum atomic E-state index is -4.01. The Kier molecular flexibility index (Phi) is 7.87. The Morgan fingerprint density at radius 1 is 1.15 bits per heavy atom. The predicted octanol–water partition coefficient (Wildman–Crippen LogP) is 5.20. The molecular formula is C20H20Cl3N5O3S2. The summed E-state index contributed by atoms with van der Waals surface area (Å²) in [5, 5.41) is 3.38. The van der Waals surface area contributed by atoms with Crippen LogP contribution in [0.4, 0.5) is 10.8 Å². The first-order valence-corrected chi connectivity index (χ1v) is 13.0. The number of thiazole rings is 1. The number of aromatic nitrogens is 2. The van der Waals surface area contributed by atoms with Crippen molar-refractivity contribution in [2.24, 2.45) is 11.7 Å². The van der Waals surface area contributed by atoms with Gasteiger partial charge in [0.15, 0.2) is 10.3 Å². The number of aryl methyl sites for hydroxylation is 1. The van der Waals surface area contributed by atoms with E-state index in [2.05, 4.69) is 20.0 Å². The van der Waals surface area contributed by atoms with Crippen molar-refractivity contribution in [2.75, 3.05) is 10.0 Å². The molecule has 0 unspecified atom stereocenters. The summed E-state index contributed by atoms with van der Waals surface area (Å²) < 4.78 is 28.0. The normalized spacial score (nSPS) is 12.6. The Bertz CT molecular complexity index is 1310. The van der Waals surface area contributed by atoms with Crippen LogP contribution in [0.15, 0.2) is 35.4 Å². The fraction of sp³-hybridized carbons (Fsp3) is 0.250. The lowest BCUT2D eigenvalue weighted by Gasteiger charge is -2.13. The molecule has 2 heterocycles. The van der Waals surface area contributed by atoms with Gasteiger partial charge in [-0.3, -0.25) is 9.52 Å². The van der Waals surface area contributed by atoms with Crippen LogP contribution in [0.25, 0.3) is 10.4 Å². The third-order valence-corrected chi connectivity index (χ3v) is 8.12. The molecule has 0 saturated heterocycles. The minimum absolute atomic E-state index is 0.0305. The van der Waals surface area contributed by atoms with Crippen LogP contribution in [-0.4, -0.2) is 30.3 Å². The van der Waals surface area contributed by atoms with Gasteiger partial charge in [-0.1, -0.05) is 60.0 Å². The van der Waals surface area contributed by atoms with E-state index in [-0.39, 0.29) is 37.6 Å². The van der Waals surface area contributed by atoms with E-state index in [1.54, 1.807) is 6.92 Å². The van der Waals surface area contributed by atoms with Gasteiger partial charge in [0.25, 0.3) is 10.0 Å². The zero-order chi connectivity index (χ0) is 24.5. The van der Waals surface area contributed by atoms with Crippen molar-refractivity contribution in [3.63, 3.8) is 0 Å². The second-order valence-electron chi connectivity index (χ2n) is 7.44. The molecule has 33 heavy (non-hydrogen) atoms. The van der Waals surface area contributed by atoms with Crippen molar-refractivity contribution in [3.8, 4) is 10.4 Å². The van der Waals surface area contributed by atoms with E-state index >= 15 is 0 Å². The zero-order valence-corrected chi connectivity index (χ0v) is 21.6. The number of benzene rings is 1. The summed E-state index contributed by atoms with van der Waals surface area (Å²) in [6.45, 7) is 5.46. The first-order chi connectivity index (χ1) is 15.4. The molecule has 0 aliphatic heterocycles. The van der Waals surface area contributed by atoms with E-state index in [1.807, 2.05) is 13.8 Å². The highest BCUT2D eigenvalue weighted by atomic mass is 35.5. The minimum Gasteiger partial charge on any atom is -0.320 e. The van der Waals surface area contributed by atoms with Crippen molar-refractivity contribution < 1.29 is 13.2 Å². The smallest absolute Gasteiger partial charge is 0.262 e. The van der Waals surface area contributed by atoms with E-state index in [1.165, 1.54) is 41.8 Å². The number of pyridine rings is 1. The van der Waals surface area contributed by atoms with Crippen LogP contribution in [0.5, 0.6) is 0 Å². The summed E-state index contributed by atoms with van der Waals surface area (Å²) in [5.74, 6) is -0.369. The molecule has 8 nitrogen and oxygen atoms in total. The number of halogens is 3. The Balaban J connectivity index is 1.90. The van der Waals surface area contributed by atoms with E-state index < -0.39 is 16.1 Å². The van der Waals surface area contributed by atoms with Crippen molar-refractivity contribution in [2.45, 2.75) is 31.7 Å². The second-order valence-corrected chi connectivity index (χ2v) is 11.3. The van der Waals surface area contributed by atoms with Crippen LogP contribution in [0.1, 0.15) is 19.5 Å². The van der Waals surface area contributed by atoms with E-state index in [9.17, 15) is 13.2 Å². The Morgan fingerprint density at radius 2 is 1.85 bits per heavy atom. The molecule has 1 amide bonds. The van der Waals surface area contributed by atoms with Gasteiger partial charge in [0.1, 0.15) is 0 Å². The first-order valence-electron chi connectivity index (χ1n) is 9.56. The fourth-order valence-electron chi connectivity index (χ4n) is 2.70. The molecule has 0 aliphatic carbocycles. The Labute approximate surface area is 210 Å². The molecule has 3 aromatic rings. The van der Waals surface area contributed by atoms with Gasteiger partial charge in [-0.05, 0) is 37.1 Å². The van der Waals surface area contributed by atoms with Crippen LogP contribution in [0, 0.1) is 12.8 Å². The predicted molar refractivity (Wildman–Crippen MR) is 134 cm³/mol. The molecule has 0 saturated carbocycles. The van der Waals surface area contributed by atoms with E-state index in [0.717, 1.165) is 0 Å². The van der Waals surface area contributed by atoms with Crippen molar-refractivity contribution >= 4 is 72.9 Å². The zero-order valence-electron chi connectivity index (χ0n) is 17.7. The van der Waals surface area contributed by atoms with Crippen molar-refractivity contribution in [1.29, 1.82) is 0 Å². The number of hydrogen-bond acceptors (Lipinski definition) is 7. The molecule has 176 valence electrons. The maximum Gasteiger partial charge on any atom is 0.262 e. The van der Waals surface area contributed by atoms with E-state index in [4.69, 9.17) is 40.5 Å². The van der Waals surface area contributed by atoms with Crippen LogP contribution in [0.2, 0.25) is 15.2 Å². The van der Waals surface area contributed by atoms with Crippen LogP contribution < -0.4 is 15.8 Å². The number of rotatable bonds is 7. The molecule has 4 N–H and O–H groups in total. The number of anilines is 2. The molecule has 0 radical (unpaired) electrons. The largest absolute Gasteiger partial charge is 0.320 e. The summed E-state index contributed by atoms with van der Waals surface area (Å²) in [5.41, 5.74) is 7.14. The van der Waals surface area contributed by atoms with Crippen LogP contribution in [-0.2, 0) is 14.8 Å². The molecule has 1 aromatic carbocycles. The Morgan fingerprint density at radius 3 is 2.48 bits per heavy atom. The van der Waals surface area contributed by atoms with E-state index in [0.29, 0.717) is 21.3 Å². The molecule has 0 spiro atoms.